The Labute approximate surface area is 201 Å². The predicted octanol–water partition coefficient (Wildman–Crippen LogP) is 2.44. The van der Waals surface area contributed by atoms with Crippen LogP contribution in [0.5, 0.6) is 5.75 Å². The highest BCUT2D eigenvalue weighted by molar-refractivity contribution is 7.89. The second-order valence-corrected chi connectivity index (χ2v) is 10.5. The lowest BCUT2D eigenvalue weighted by atomic mass is 10.1. The SMILES string of the molecule is COc1ccc(C(=O)Nc2nc3c(s2)CCC3C(=O)NCCc2ccc(S(N)(=O)=O)cc2)cc1. The van der Waals surface area contributed by atoms with E-state index in [2.05, 4.69) is 15.6 Å². The van der Waals surface area contributed by atoms with Crippen LogP contribution in [-0.4, -0.2) is 38.9 Å². The quantitative estimate of drug-likeness (QED) is 0.434. The van der Waals surface area contributed by atoms with Crippen LogP contribution in [0.3, 0.4) is 0 Å². The number of amides is 2. The highest BCUT2D eigenvalue weighted by Crippen LogP contribution is 2.38. The Morgan fingerprint density at radius 3 is 2.50 bits per heavy atom. The molecule has 11 heteroatoms. The summed E-state index contributed by atoms with van der Waals surface area (Å²) in [5.74, 6) is -0.0791. The first-order valence-electron chi connectivity index (χ1n) is 10.6. The Kier molecular flexibility index (Phi) is 6.96. The van der Waals surface area contributed by atoms with Gasteiger partial charge in [0, 0.05) is 17.0 Å². The first-order chi connectivity index (χ1) is 16.2. The molecule has 1 atom stereocenters. The zero-order valence-corrected chi connectivity index (χ0v) is 20.0. The van der Waals surface area contributed by atoms with Crippen LogP contribution < -0.4 is 20.5 Å². The van der Waals surface area contributed by atoms with Crippen LogP contribution in [0.2, 0.25) is 0 Å². The topological polar surface area (TPSA) is 140 Å². The van der Waals surface area contributed by atoms with E-state index < -0.39 is 10.0 Å². The zero-order valence-electron chi connectivity index (χ0n) is 18.4. The lowest BCUT2D eigenvalue weighted by Crippen LogP contribution is -2.30. The summed E-state index contributed by atoms with van der Waals surface area (Å²) in [5, 5.41) is 11.3. The van der Waals surface area contributed by atoms with E-state index in [4.69, 9.17) is 9.88 Å². The van der Waals surface area contributed by atoms with Gasteiger partial charge in [-0.05, 0) is 61.2 Å². The van der Waals surface area contributed by atoms with Crippen LogP contribution in [0.15, 0.2) is 53.4 Å². The van der Waals surface area contributed by atoms with Gasteiger partial charge in [0.25, 0.3) is 5.91 Å². The van der Waals surface area contributed by atoms with Gasteiger partial charge in [-0.3, -0.25) is 14.9 Å². The summed E-state index contributed by atoms with van der Waals surface area (Å²) in [5.41, 5.74) is 2.09. The number of aromatic nitrogens is 1. The molecule has 1 aliphatic carbocycles. The van der Waals surface area contributed by atoms with Gasteiger partial charge in [0.2, 0.25) is 15.9 Å². The Hall–Kier alpha value is -3.28. The van der Waals surface area contributed by atoms with Crippen molar-refractivity contribution < 1.29 is 22.7 Å². The van der Waals surface area contributed by atoms with Crippen molar-refractivity contribution in [3.63, 3.8) is 0 Å². The number of rotatable bonds is 8. The molecule has 4 N–H and O–H groups in total. The highest BCUT2D eigenvalue weighted by atomic mass is 32.2. The van der Waals surface area contributed by atoms with Crippen molar-refractivity contribution in [3.8, 4) is 5.75 Å². The number of ether oxygens (including phenoxy) is 1. The second kappa shape index (κ2) is 9.92. The smallest absolute Gasteiger partial charge is 0.257 e. The van der Waals surface area contributed by atoms with E-state index in [-0.39, 0.29) is 22.6 Å². The molecule has 9 nitrogen and oxygen atoms in total. The van der Waals surface area contributed by atoms with Gasteiger partial charge < -0.3 is 10.1 Å². The number of nitrogens with one attached hydrogen (secondary N) is 2. The summed E-state index contributed by atoms with van der Waals surface area (Å²) in [4.78, 5) is 30.8. The molecule has 0 saturated carbocycles. The summed E-state index contributed by atoms with van der Waals surface area (Å²) < 4.78 is 27.8. The van der Waals surface area contributed by atoms with Gasteiger partial charge in [0.05, 0.1) is 23.6 Å². The third kappa shape index (κ3) is 5.44. The van der Waals surface area contributed by atoms with Crippen LogP contribution in [0.4, 0.5) is 5.13 Å². The van der Waals surface area contributed by atoms with Gasteiger partial charge in [-0.15, -0.1) is 11.3 Å². The van der Waals surface area contributed by atoms with Crippen molar-refractivity contribution in [1.82, 2.24) is 10.3 Å². The Morgan fingerprint density at radius 2 is 1.85 bits per heavy atom. The Bertz CT molecular complexity index is 1300. The average molecular weight is 501 g/mol. The molecule has 178 valence electrons. The molecule has 2 aromatic carbocycles. The zero-order chi connectivity index (χ0) is 24.3. The molecule has 1 aromatic heterocycles. The lowest BCUT2D eigenvalue weighted by molar-refractivity contribution is -0.122. The minimum absolute atomic E-state index is 0.0530. The van der Waals surface area contributed by atoms with Crippen LogP contribution in [-0.2, 0) is 27.7 Å². The summed E-state index contributed by atoms with van der Waals surface area (Å²) in [6.45, 7) is 0.407. The Balaban J connectivity index is 1.32. The molecular weight excluding hydrogens is 476 g/mol. The summed E-state index contributed by atoms with van der Waals surface area (Å²) in [6, 6.07) is 13.0. The number of fused-ring (bicyclic) bond motifs is 1. The van der Waals surface area contributed by atoms with Crippen LogP contribution >= 0.6 is 11.3 Å². The number of nitrogens with zero attached hydrogens (tertiary/aromatic N) is 1. The summed E-state index contributed by atoms with van der Waals surface area (Å²) in [7, 11) is -2.16. The minimum Gasteiger partial charge on any atom is -0.497 e. The number of benzene rings is 2. The molecule has 2 amide bonds. The van der Waals surface area contributed by atoms with Crippen LogP contribution in [0, 0.1) is 0 Å². The third-order valence-electron chi connectivity index (χ3n) is 5.57. The molecular formula is C23H24N4O5S2. The number of hydrogen-bond donors (Lipinski definition) is 3. The summed E-state index contributed by atoms with van der Waals surface area (Å²) >= 11 is 1.39. The van der Waals surface area contributed by atoms with Gasteiger partial charge >= 0.3 is 0 Å². The lowest BCUT2D eigenvalue weighted by Gasteiger charge is -2.11. The second-order valence-electron chi connectivity index (χ2n) is 7.83. The van der Waals surface area contributed by atoms with Crippen molar-refractivity contribution in [1.29, 1.82) is 0 Å². The molecule has 0 saturated heterocycles. The maximum absolute atomic E-state index is 12.8. The normalized spacial score (nSPS) is 14.9. The monoisotopic (exact) mass is 500 g/mol. The number of methoxy groups -OCH3 is 1. The molecule has 0 radical (unpaired) electrons. The largest absolute Gasteiger partial charge is 0.497 e. The number of anilines is 1. The van der Waals surface area contributed by atoms with E-state index in [1.54, 1.807) is 43.5 Å². The number of carbonyl (C=O) groups is 2. The molecule has 3 aromatic rings. The fourth-order valence-corrected chi connectivity index (χ4v) is 5.30. The average Bonchev–Trinajstić information content (AvgIpc) is 3.39. The maximum Gasteiger partial charge on any atom is 0.257 e. The number of sulfonamides is 1. The van der Waals surface area contributed by atoms with E-state index in [9.17, 15) is 18.0 Å². The van der Waals surface area contributed by atoms with E-state index in [0.717, 1.165) is 16.9 Å². The standard InChI is InChI=1S/C23H24N4O5S2/c1-32-16-6-4-15(5-7-16)21(28)27-23-26-20-18(10-11-19(20)33-23)22(29)25-13-12-14-2-8-17(9-3-14)34(24,30)31/h2-9,18H,10-13H2,1H3,(H,25,29)(H2,24,30,31)(H,26,27,28). The van der Waals surface area contributed by atoms with Gasteiger partial charge in [-0.2, -0.15) is 0 Å². The number of hydrogen-bond acceptors (Lipinski definition) is 7. The van der Waals surface area contributed by atoms with Crippen molar-refractivity contribution >= 4 is 38.3 Å². The van der Waals surface area contributed by atoms with Gasteiger partial charge in [-0.1, -0.05) is 12.1 Å². The van der Waals surface area contributed by atoms with Crippen molar-refractivity contribution in [2.75, 3.05) is 19.0 Å². The minimum atomic E-state index is -3.72. The fourth-order valence-electron chi connectivity index (χ4n) is 3.75. The van der Waals surface area contributed by atoms with E-state index >= 15 is 0 Å². The van der Waals surface area contributed by atoms with Crippen LogP contribution in [0.25, 0.3) is 0 Å². The molecule has 0 fully saturated rings. The summed E-state index contributed by atoms with van der Waals surface area (Å²) in [6.07, 6.45) is 1.96. The predicted molar refractivity (Wildman–Crippen MR) is 129 cm³/mol. The highest BCUT2D eigenvalue weighted by Gasteiger charge is 2.32. The number of carbonyl (C=O) groups excluding carboxylic acids is 2. The number of aryl methyl sites for hydroxylation is 1. The van der Waals surface area contributed by atoms with E-state index in [1.807, 2.05) is 0 Å². The molecule has 0 aliphatic heterocycles. The third-order valence-corrected chi connectivity index (χ3v) is 7.55. The first-order valence-corrected chi connectivity index (χ1v) is 13.0. The molecule has 34 heavy (non-hydrogen) atoms. The molecule has 4 rings (SSSR count). The van der Waals surface area contributed by atoms with Gasteiger partial charge in [0.1, 0.15) is 5.75 Å². The van der Waals surface area contributed by atoms with Crippen molar-refractivity contribution in [2.45, 2.75) is 30.1 Å². The van der Waals surface area contributed by atoms with Crippen molar-refractivity contribution in [3.05, 3.63) is 70.2 Å². The van der Waals surface area contributed by atoms with Gasteiger partial charge in [0.15, 0.2) is 5.13 Å². The van der Waals surface area contributed by atoms with Gasteiger partial charge in [-0.25, -0.2) is 18.5 Å². The Morgan fingerprint density at radius 1 is 1.15 bits per heavy atom. The number of nitrogens with two attached hydrogens (primary N) is 1. The van der Waals surface area contributed by atoms with E-state index in [0.29, 0.717) is 41.5 Å². The maximum atomic E-state index is 12.8. The van der Waals surface area contributed by atoms with Crippen LogP contribution in [0.1, 0.15) is 38.8 Å². The number of primary sulfonamides is 1. The molecule has 0 bridgehead atoms. The molecule has 1 heterocycles. The molecule has 0 spiro atoms. The molecule has 1 aliphatic rings. The fraction of sp³-hybridized carbons (Fsp3) is 0.261. The first kappa shape index (κ1) is 23.9. The molecule has 1 unspecified atom stereocenters. The van der Waals surface area contributed by atoms with Crippen molar-refractivity contribution in [2.24, 2.45) is 5.14 Å². The number of thiazole rings is 1. The van der Waals surface area contributed by atoms with E-state index in [1.165, 1.54) is 23.5 Å².